The van der Waals surface area contributed by atoms with Gasteiger partial charge in [0.05, 0.1) is 6.20 Å². The molecule has 1 aliphatic heterocycles. The number of carbonyl (C=O) groups is 1. The monoisotopic (exact) mass is 209 g/mol. The first-order valence-electron chi connectivity index (χ1n) is 4.30. The summed E-state index contributed by atoms with van der Waals surface area (Å²) in [6.45, 7) is 0.209. The molecule has 2 heterocycles. The van der Waals surface area contributed by atoms with Crippen molar-refractivity contribution in [1.29, 1.82) is 0 Å². The van der Waals surface area contributed by atoms with E-state index in [1.54, 1.807) is 25.5 Å². The van der Waals surface area contributed by atoms with E-state index in [-0.39, 0.29) is 19.9 Å². The number of hydrogen-bond donors (Lipinski definition) is 1. The molecule has 2 N–H and O–H groups in total. The van der Waals surface area contributed by atoms with E-state index in [9.17, 15) is 4.79 Å². The fourth-order valence-electron chi connectivity index (χ4n) is 1.37. The molecule has 1 aromatic rings. The summed E-state index contributed by atoms with van der Waals surface area (Å²) < 4.78 is 5.37. The number of pyridine rings is 1. The fourth-order valence-corrected chi connectivity index (χ4v) is 1.37. The first-order valence-corrected chi connectivity index (χ1v) is 4.30. The van der Waals surface area contributed by atoms with Gasteiger partial charge in [-0.25, -0.2) is 0 Å². The van der Waals surface area contributed by atoms with E-state index < -0.39 is 6.04 Å². The van der Waals surface area contributed by atoms with Crippen LogP contribution in [0.1, 0.15) is 7.43 Å². The zero-order valence-corrected chi connectivity index (χ0v) is 7.80. The quantitative estimate of drug-likeness (QED) is 0.671. The highest BCUT2D eigenvalue weighted by Gasteiger charge is 2.26. The van der Waals surface area contributed by atoms with E-state index in [2.05, 4.69) is 4.98 Å². The molecular formula is C10H15N3O2. The third kappa shape index (κ3) is 1.92. The smallest absolute Gasteiger partial charge is 0.247 e. The van der Waals surface area contributed by atoms with Gasteiger partial charge in [0.1, 0.15) is 24.1 Å². The molecule has 1 atom stereocenters. The lowest BCUT2D eigenvalue weighted by Gasteiger charge is -2.16. The molecule has 0 bridgehead atoms. The van der Waals surface area contributed by atoms with Crippen molar-refractivity contribution >= 4 is 11.6 Å². The zero-order chi connectivity index (χ0) is 10.1. The Labute approximate surface area is 88.9 Å². The van der Waals surface area contributed by atoms with E-state index in [1.807, 2.05) is 0 Å². The largest absolute Gasteiger partial charge is 0.489 e. The van der Waals surface area contributed by atoms with Crippen molar-refractivity contribution in [2.45, 2.75) is 13.5 Å². The molecule has 5 heteroatoms. The second-order valence-electron chi connectivity index (χ2n) is 3.16. The minimum absolute atomic E-state index is 0. The molecule has 0 fully saturated rings. The molecule has 0 saturated heterocycles. The fraction of sp³-hybridized carbons (Fsp3) is 0.400. The predicted octanol–water partition coefficient (Wildman–Crippen LogP) is 0.400. The average molecular weight is 209 g/mol. The molecule has 5 nitrogen and oxygen atoms in total. The summed E-state index contributed by atoms with van der Waals surface area (Å²) in [4.78, 5) is 17.0. The van der Waals surface area contributed by atoms with Crippen LogP contribution in [-0.4, -0.2) is 30.6 Å². The van der Waals surface area contributed by atoms with E-state index in [4.69, 9.17) is 10.5 Å². The van der Waals surface area contributed by atoms with Gasteiger partial charge < -0.3 is 15.4 Å². The van der Waals surface area contributed by atoms with Crippen LogP contribution in [0.4, 0.5) is 5.69 Å². The molecule has 2 rings (SSSR count). The first-order chi connectivity index (χ1) is 6.70. The first kappa shape index (κ1) is 11.5. The molecule has 0 spiro atoms. The molecule has 0 saturated carbocycles. The SMILES string of the molecule is C.CN1C(=O)[C@@H](N)COc2ccncc21. The lowest BCUT2D eigenvalue weighted by atomic mass is 10.3. The maximum Gasteiger partial charge on any atom is 0.247 e. The lowest BCUT2D eigenvalue weighted by molar-refractivity contribution is -0.119. The van der Waals surface area contributed by atoms with Crippen molar-refractivity contribution in [3.8, 4) is 5.75 Å². The molecule has 0 unspecified atom stereocenters. The van der Waals surface area contributed by atoms with E-state index in [0.29, 0.717) is 11.4 Å². The summed E-state index contributed by atoms with van der Waals surface area (Å²) in [5.41, 5.74) is 6.27. The normalized spacial score (nSPS) is 19.7. The molecule has 15 heavy (non-hydrogen) atoms. The molecule has 0 radical (unpaired) electrons. The minimum atomic E-state index is -0.604. The number of likely N-dealkylation sites (N-methyl/N-ethyl adjacent to an activating group) is 1. The Kier molecular flexibility index (Phi) is 3.26. The number of nitrogens with zero attached hydrogens (tertiary/aromatic N) is 2. The number of nitrogens with two attached hydrogens (primary N) is 1. The zero-order valence-electron chi connectivity index (χ0n) is 7.80. The third-order valence-electron chi connectivity index (χ3n) is 2.19. The topological polar surface area (TPSA) is 68.5 Å². The van der Waals surface area contributed by atoms with Gasteiger partial charge in [-0.05, 0) is 0 Å². The standard InChI is InChI=1S/C9H11N3O2.CH4/c1-12-7-4-11-3-2-8(7)14-5-6(10)9(12)13;/h2-4,6H,5,10H2,1H3;1H4/t6-;/m0./s1. The highest BCUT2D eigenvalue weighted by molar-refractivity contribution is 5.98. The van der Waals surface area contributed by atoms with E-state index >= 15 is 0 Å². The van der Waals surface area contributed by atoms with E-state index in [1.165, 1.54) is 4.90 Å². The van der Waals surface area contributed by atoms with Crippen LogP contribution in [-0.2, 0) is 4.79 Å². The van der Waals surface area contributed by atoms with Crippen LogP contribution >= 0.6 is 0 Å². The number of anilines is 1. The Balaban J connectivity index is 0.00000112. The molecule has 1 amide bonds. The minimum Gasteiger partial charge on any atom is -0.489 e. The Morgan fingerprint density at radius 2 is 2.40 bits per heavy atom. The van der Waals surface area contributed by atoms with Crippen molar-refractivity contribution < 1.29 is 9.53 Å². The van der Waals surface area contributed by atoms with E-state index in [0.717, 1.165) is 0 Å². The van der Waals surface area contributed by atoms with Gasteiger partial charge in [-0.2, -0.15) is 0 Å². The molecule has 82 valence electrons. The van der Waals surface area contributed by atoms with Gasteiger partial charge in [0.25, 0.3) is 0 Å². The second kappa shape index (κ2) is 4.27. The molecule has 1 aliphatic rings. The van der Waals surface area contributed by atoms with Gasteiger partial charge in [0, 0.05) is 19.3 Å². The third-order valence-corrected chi connectivity index (χ3v) is 2.19. The lowest BCUT2D eigenvalue weighted by Crippen LogP contribution is -2.43. The summed E-state index contributed by atoms with van der Waals surface area (Å²) in [7, 11) is 1.66. The molecule has 0 aromatic carbocycles. The van der Waals surface area contributed by atoms with Crippen LogP contribution in [0.25, 0.3) is 0 Å². The van der Waals surface area contributed by atoms with Crippen LogP contribution < -0.4 is 15.4 Å². The van der Waals surface area contributed by atoms with Crippen molar-refractivity contribution in [3.63, 3.8) is 0 Å². The van der Waals surface area contributed by atoms with Crippen LogP contribution in [0, 0.1) is 0 Å². The van der Waals surface area contributed by atoms with Crippen LogP contribution in [0.15, 0.2) is 18.5 Å². The summed E-state index contributed by atoms with van der Waals surface area (Å²) in [5, 5.41) is 0. The predicted molar refractivity (Wildman–Crippen MR) is 57.8 cm³/mol. The van der Waals surface area contributed by atoms with Crippen molar-refractivity contribution in [2.24, 2.45) is 5.73 Å². The highest BCUT2D eigenvalue weighted by Crippen LogP contribution is 2.28. The number of hydrogen-bond acceptors (Lipinski definition) is 4. The molecule has 0 aliphatic carbocycles. The summed E-state index contributed by atoms with van der Waals surface area (Å²) in [5.74, 6) is 0.487. The van der Waals surface area contributed by atoms with Gasteiger partial charge in [-0.15, -0.1) is 0 Å². The Morgan fingerprint density at radius 1 is 1.67 bits per heavy atom. The van der Waals surface area contributed by atoms with Crippen molar-refractivity contribution in [2.75, 3.05) is 18.6 Å². The summed E-state index contributed by atoms with van der Waals surface area (Å²) >= 11 is 0. The van der Waals surface area contributed by atoms with Gasteiger partial charge in [-0.3, -0.25) is 9.78 Å². The molecular weight excluding hydrogens is 194 g/mol. The summed E-state index contributed by atoms with van der Waals surface area (Å²) in [6.07, 6.45) is 3.21. The van der Waals surface area contributed by atoms with Crippen LogP contribution in [0.2, 0.25) is 0 Å². The number of amides is 1. The number of aromatic nitrogens is 1. The second-order valence-corrected chi connectivity index (χ2v) is 3.16. The number of rotatable bonds is 0. The Hall–Kier alpha value is -1.62. The van der Waals surface area contributed by atoms with Crippen LogP contribution in [0.3, 0.4) is 0 Å². The highest BCUT2D eigenvalue weighted by atomic mass is 16.5. The number of ether oxygens (including phenoxy) is 1. The number of carbonyl (C=O) groups excluding carboxylic acids is 1. The number of fused-ring (bicyclic) bond motifs is 1. The maximum absolute atomic E-state index is 11.6. The van der Waals surface area contributed by atoms with Gasteiger partial charge in [0.15, 0.2) is 0 Å². The Bertz CT molecular complexity index is 367. The summed E-state index contributed by atoms with van der Waals surface area (Å²) in [6, 6.07) is 1.12. The van der Waals surface area contributed by atoms with Crippen LogP contribution in [0.5, 0.6) is 5.75 Å². The van der Waals surface area contributed by atoms with Gasteiger partial charge in [0.2, 0.25) is 5.91 Å². The van der Waals surface area contributed by atoms with Crippen molar-refractivity contribution in [1.82, 2.24) is 4.98 Å². The average Bonchev–Trinajstić information content (AvgIpc) is 2.32. The van der Waals surface area contributed by atoms with Gasteiger partial charge in [-0.1, -0.05) is 7.43 Å². The van der Waals surface area contributed by atoms with Crippen molar-refractivity contribution in [3.05, 3.63) is 18.5 Å². The maximum atomic E-state index is 11.6. The Morgan fingerprint density at radius 3 is 3.13 bits per heavy atom. The molecule has 1 aromatic heterocycles. The van der Waals surface area contributed by atoms with Gasteiger partial charge >= 0.3 is 0 Å².